The standard InChI is InChI=1S/C16H25N3O3/c1-5-19(6-2)12(3)11-17-16(21)18-14-9-7-13(8-10-14)15(20)22-4/h7-10,12H,5-6,11H2,1-4H3,(H2,17,18,21)/t12-/m0/s1. The topological polar surface area (TPSA) is 70.7 Å². The minimum absolute atomic E-state index is 0.259. The summed E-state index contributed by atoms with van der Waals surface area (Å²) < 4.78 is 4.62. The average Bonchev–Trinajstić information content (AvgIpc) is 2.54. The van der Waals surface area contributed by atoms with Crippen molar-refractivity contribution in [3.8, 4) is 0 Å². The molecule has 22 heavy (non-hydrogen) atoms. The van der Waals surface area contributed by atoms with Crippen molar-refractivity contribution in [2.45, 2.75) is 26.8 Å². The van der Waals surface area contributed by atoms with E-state index in [0.29, 0.717) is 17.8 Å². The van der Waals surface area contributed by atoms with Gasteiger partial charge in [-0.15, -0.1) is 0 Å². The van der Waals surface area contributed by atoms with Crippen LogP contribution in [0, 0.1) is 0 Å². The van der Waals surface area contributed by atoms with Gasteiger partial charge in [-0.2, -0.15) is 0 Å². The van der Waals surface area contributed by atoms with Gasteiger partial charge in [0.2, 0.25) is 0 Å². The van der Waals surface area contributed by atoms with Gasteiger partial charge in [0.05, 0.1) is 12.7 Å². The summed E-state index contributed by atoms with van der Waals surface area (Å²) in [5.74, 6) is -0.399. The SMILES string of the molecule is CCN(CC)[C@@H](C)CNC(=O)Nc1ccc(C(=O)OC)cc1. The second kappa shape index (κ2) is 9.04. The van der Waals surface area contributed by atoms with Crippen molar-refractivity contribution in [1.82, 2.24) is 10.2 Å². The zero-order chi connectivity index (χ0) is 16.5. The molecule has 0 aliphatic carbocycles. The normalized spacial score (nSPS) is 11.9. The molecule has 2 amide bonds. The lowest BCUT2D eigenvalue weighted by Gasteiger charge is -2.26. The van der Waals surface area contributed by atoms with E-state index in [1.807, 2.05) is 0 Å². The molecule has 2 N–H and O–H groups in total. The number of nitrogens with zero attached hydrogens (tertiary/aromatic N) is 1. The Labute approximate surface area is 131 Å². The number of carbonyl (C=O) groups is 2. The van der Waals surface area contributed by atoms with Gasteiger partial charge in [0.15, 0.2) is 0 Å². The fourth-order valence-corrected chi connectivity index (χ4v) is 2.20. The number of carbonyl (C=O) groups excluding carboxylic acids is 2. The Morgan fingerprint density at radius 2 is 1.77 bits per heavy atom. The van der Waals surface area contributed by atoms with E-state index < -0.39 is 5.97 Å². The molecule has 122 valence electrons. The number of hydrogen-bond acceptors (Lipinski definition) is 4. The van der Waals surface area contributed by atoms with E-state index in [4.69, 9.17) is 0 Å². The minimum atomic E-state index is -0.399. The summed E-state index contributed by atoms with van der Waals surface area (Å²) >= 11 is 0. The Bertz CT molecular complexity index is 484. The molecule has 0 aliphatic heterocycles. The lowest BCUT2D eigenvalue weighted by molar-refractivity contribution is 0.0601. The molecule has 0 fully saturated rings. The number of benzene rings is 1. The summed E-state index contributed by atoms with van der Waals surface area (Å²) in [7, 11) is 1.33. The van der Waals surface area contributed by atoms with Crippen LogP contribution in [0.3, 0.4) is 0 Å². The third-order valence-corrected chi connectivity index (χ3v) is 3.56. The molecule has 0 bridgehead atoms. The average molecular weight is 307 g/mol. The third-order valence-electron chi connectivity index (χ3n) is 3.56. The molecular weight excluding hydrogens is 282 g/mol. The maximum Gasteiger partial charge on any atom is 0.337 e. The van der Waals surface area contributed by atoms with Gasteiger partial charge in [-0.25, -0.2) is 9.59 Å². The predicted octanol–water partition coefficient (Wildman–Crippen LogP) is 2.33. The second-order valence-electron chi connectivity index (χ2n) is 4.97. The first kappa shape index (κ1) is 18.0. The molecule has 0 unspecified atom stereocenters. The van der Waals surface area contributed by atoms with E-state index >= 15 is 0 Å². The van der Waals surface area contributed by atoms with E-state index in [2.05, 4.69) is 41.0 Å². The number of methoxy groups -OCH3 is 1. The highest BCUT2D eigenvalue weighted by atomic mass is 16.5. The monoisotopic (exact) mass is 307 g/mol. The van der Waals surface area contributed by atoms with Crippen molar-refractivity contribution in [3.05, 3.63) is 29.8 Å². The third kappa shape index (κ3) is 5.37. The summed E-state index contributed by atoms with van der Waals surface area (Å²) in [5, 5.41) is 5.58. The number of likely N-dealkylation sites (N-methyl/N-ethyl adjacent to an activating group) is 1. The molecule has 1 aromatic rings. The molecule has 0 spiro atoms. The van der Waals surface area contributed by atoms with Crippen LogP contribution >= 0.6 is 0 Å². The van der Waals surface area contributed by atoms with Crippen LogP contribution in [0.2, 0.25) is 0 Å². The quantitative estimate of drug-likeness (QED) is 0.759. The summed E-state index contributed by atoms with van der Waals surface area (Å²) in [6, 6.07) is 6.58. The highest BCUT2D eigenvalue weighted by Gasteiger charge is 2.11. The van der Waals surface area contributed by atoms with Crippen LogP contribution in [0.1, 0.15) is 31.1 Å². The molecule has 1 atom stereocenters. The van der Waals surface area contributed by atoms with Gasteiger partial charge < -0.3 is 15.4 Å². The van der Waals surface area contributed by atoms with E-state index in [-0.39, 0.29) is 12.1 Å². The molecule has 0 saturated heterocycles. The van der Waals surface area contributed by atoms with E-state index in [1.54, 1.807) is 24.3 Å². The Hall–Kier alpha value is -2.08. The number of anilines is 1. The Kier molecular flexibility index (Phi) is 7.39. The summed E-state index contributed by atoms with van der Waals surface area (Å²) in [6.07, 6.45) is 0. The van der Waals surface area contributed by atoms with Crippen LogP contribution in [0.5, 0.6) is 0 Å². The van der Waals surface area contributed by atoms with Crippen LogP contribution in [0.15, 0.2) is 24.3 Å². The fourth-order valence-electron chi connectivity index (χ4n) is 2.20. The predicted molar refractivity (Wildman–Crippen MR) is 87.2 cm³/mol. The van der Waals surface area contributed by atoms with Crippen LogP contribution in [0.4, 0.5) is 10.5 Å². The molecule has 1 rings (SSSR count). The number of amides is 2. The zero-order valence-corrected chi connectivity index (χ0v) is 13.7. The Morgan fingerprint density at radius 1 is 1.18 bits per heavy atom. The van der Waals surface area contributed by atoms with Gasteiger partial charge in [-0.1, -0.05) is 13.8 Å². The van der Waals surface area contributed by atoms with Crippen LogP contribution in [-0.4, -0.2) is 49.7 Å². The van der Waals surface area contributed by atoms with Crippen molar-refractivity contribution >= 4 is 17.7 Å². The lowest BCUT2D eigenvalue weighted by atomic mass is 10.2. The summed E-state index contributed by atoms with van der Waals surface area (Å²) in [4.78, 5) is 25.4. The molecular formula is C16H25N3O3. The number of urea groups is 1. The van der Waals surface area contributed by atoms with Crippen molar-refractivity contribution in [2.75, 3.05) is 32.1 Å². The van der Waals surface area contributed by atoms with Gasteiger partial charge >= 0.3 is 12.0 Å². The number of hydrogen-bond donors (Lipinski definition) is 2. The van der Waals surface area contributed by atoms with E-state index in [1.165, 1.54) is 7.11 Å². The van der Waals surface area contributed by atoms with Gasteiger partial charge in [-0.3, -0.25) is 4.90 Å². The second-order valence-corrected chi connectivity index (χ2v) is 4.97. The highest BCUT2D eigenvalue weighted by molar-refractivity contribution is 5.92. The molecule has 0 heterocycles. The van der Waals surface area contributed by atoms with Crippen LogP contribution < -0.4 is 10.6 Å². The summed E-state index contributed by atoms with van der Waals surface area (Å²) in [5.41, 5.74) is 1.07. The maximum absolute atomic E-state index is 11.9. The van der Waals surface area contributed by atoms with Crippen molar-refractivity contribution in [1.29, 1.82) is 0 Å². The Balaban J connectivity index is 2.46. The van der Waals surface area contributed by atoms with Crippen LogP contribution in [-0.2, 0) is 4.74 Å². The molecule has 6 heteroatoms. The largest absolute Gasteiger partial charge is 0.465 e. The van der Waals surface area contributed by atoms with Gasteiger partial charge in [0.1, 0.15) is 0 Å². The molecule has 0 aliphatic rings. The lowest BCUT2D eigenvalue weighted by Crippen LogP contribution is -2.43. The van der Waals surface area contributed by atoms with Gasteiger partial charge in [-0.05, 0) is 44.3 Å². The number of ether oxygens (including phenoxy) is 1. The minimum Gasteiger partial charge on any atom is -0.465 e. The molecule has 1 aromatic carbocycles. The summed E-state index contributed by atoms with van der Waals surface area (Å²) in [6.45, 7) is 8.77. The first-order valence-corrected chi connectivity index (χ1v) is 7.49. The van der Waals surface area contributed by atoms with Gasteiger partial charge in [0, 0.05) is 18.3 Å². The molecule has 0 aromatic heterocycles. The number of nitrogens with one attached hydrogen (secondary N) is 2. The van der Waals surface area contributed by atoms with Crippen molar-refractivity contribution in [3.63, 3.8) is 0 Å². The van der Waals surface area contributed by atoms with E-state index in [0.717, 1.165) is 13.1 Å². The first-order chi connectivity index (χ1) is 10.5. The first-order valence-electron chi connectivity index (χ1n) is 7.49. The smallest absolute Gasteiger partial charge is 0.337 e. The molecule has 0 radical (unpaired) electrons. The highest BCUT2D eigenvalue weighted by Crippen LogP contribution is 2.10. The number of esters is 1. The van der Waals surface area contributed by atoms with Crippen molar-refractivity contribution in [2.24, 2.45) is 0 Å². The van der Waals surface area contributed by atoms with E-state index in [9.17, 15) is 9.59 Å². The molecule has 6 nitrogen and oxygen atoms in total. The maximum atomic E-state index is 11.9. The Morgan fingerprint density at radius 3 is 2.27 bits per heavy atom. The van der Waals surface area contributed by atoms with Crippen LogP contribution in [0.25, 0.3) is 0 Å². The van der Waals surface area contributed by atoms with Gasteiger partial charge in [0.25, 0.3) is 0 Å². The molecule has 0 saturated carbocycles. The number of rotatable bonds is 7. The van der Waals surface area contributed by atoms with Crippen molar-refractivity contribution < 1.29 is 14.3 Å². The zero-order valence-electron chi connectivity index (χ0n) is 13.7. The fraction of sp³-hybridized carbons (Fsp3) is 0.500.